The minimum Gasteiger partial charge on any atom is -0.356 e. The SMILES string of the molecule is O=C(Nc1ccc(N2CCC3(CC2)OCCO3)nc1)c1cccc(F)c1. The summed E-state index contributed by atoms with van der Waals surface area (Å²) in [6.45, 7) is 2.94. The Balaban J connectivity index is 1.37. The van der Waals surface area contributed by atoms with E-state index in [9.17, 15) is 9.18 Å². The van der Waals surface area contributed by atoms with Gasteiger partial charge in [0.15, 0.2) is 5.79 Å². The number of piperidine rings is 1. The van der Waals surface area contributed by atoms with Crippen LogP contribution in [0.25, 0.3) is 0 Å². The van der Waals surface area contributed by atoms with Crippen LogP contribution in [0.4, 0.5) is 15.9 Å². The van der Waals surface area contributed by atoms with Gasteiger partial charge in [-0.15, -0.1) is 0 Å². The zero-order chi connectivity index (χ0) is 18.0. The molecule has 2 aromatic rings. The summed E-state index contributed by atoms with van der Waals surface area (Å²) in [6.07, 6.45) is 3.24. The molecule has 1 N–H and O–H groups in total. The molecule has 7 heteroatoms. The third-order valence-corrected chi connectivity index (χ3v) is 4.76. The number of ether oxygens (including phenoxy) is 2. The molecule has 26 heavy (non-hydrogen) atoms. The third kappa shape index (κ3) is 3.54. The van der Waals surface area contributed by atoms with Crippen molar-refractivity contribution in [3.8, 4) is 0 Å². The molecule has 136 valence electrons. The Hall–Kier alpha value is -2.51. The number of carbonyl (C=O) groups excluding carboxylic acids is 1. The standard InChI is InChI=1S/C19H20FN3O3/c20-15-3-1-2-14(12-15)18(24)22-16-4-5-17(21-13-16)23-8-6-19(7-9-23)25-10-11-26-19/h1-5,12-13H,6-11H2,(H,22,24). The molecule has 1 spiro atoms. The first-order valence-electron chi connectivity index (χ1n) is 8.69. The van der Waals surface area contributed by atoms with Crippen LogP contribution in [0.15, 0.2) is 42.6 Å². The molecular formula is C19H20FN3O3. The first-order valence-corrected chi connectivity index (χ1v) is 8.69. The van der Waals surface area contributed by atoms with Crippen molar-refractivity contribution in [3.05, 3.63) is 54.0 Å². The zero-order valence-electron chi connectivity index (χ0n) is 14.3. The number of pyridine rings is 1. The second-order valence-corrected chi connectivity index (χ2v) is 6.46. The van der Waals surface area contributed by atoms with Gasteiger partial charge < -0.3 is 19.7 Å². The summed E-state index contributed by atoms with van der Waals surface area (Å²) < 4.78 is 24.7. The lowest BCUT2D eigenvalue weighted by Gasteiger charge is -2.38. The minimum atomic E-state index is -0.441. The summed E-state index contributed by atoms with van der Waals surface area (Å²) in [5, 5.41) is 2.73. The van der Waals surface area contributed by atoms with Gasteiger partial charge in [0.2, 0.25) is 0 Å². The van der Waals surface area contributed by atoms with Crippen LogP contribution in [0.5, 0.6) is 0 Å². The molecule has 3 heterocycles. The highest BCUT2D eigenvalue weighted by molar-refractivity contribution is 6.04. The zero-order valence-corrected chi connectivity index (χ0v) is 14.3. The average molecular weight is 357 g/mol. The maximum absolute atomic E-state index is 13.2. The summed E-state index contributed by atoms with van der Waals surface area (Å²) >= 11 is 0. The Bertz CT molecular complexity index is 781. The van der Waals surface area contributed by atoms with Gasteiger partial charge in [0.05, 0.1) is 25.1 Å². The third-order valence-electron chi connectivity index (χ3n) is 4.76. The predicted octanol–water partition coefficient (Wildman–Crippen LogP) is 2.82. The van der Waals surface area contributed by atoms with Gasteiger partial charge in [-0.3, -0.25) is 4.79 Å². The van der Waals surface area contributed by atoms with Crippen LogP contribution in [-0.4, -0.2) is 43.0 Å². The molecule has 0 saturated carbocycles. The number of carbonyl (C=O) groups is 1. The Morgan fingerprint density at radius 1 is 1.15 bits per heavy atom. The number of aromatic nitrogens is 1. The van der Waals surface area contributed by atoms with Gasteiger partial charge in [-0.2, -0.15) is 0 Å². The number of rotatable bonds is 3. The largest absolute Gasteiger partial charge is 0.356 e. The van der Waals surface area contributed by atoms with Crippen molar-refractivity contribution in [2.75, 3.05) is 36.5 Å². The van der Waals surface area contributed by atoms with Crippen LogP contribution in [0.3, 0.4) is 0 Å². The molecule has 0 atom stereocenters. The number of hydrogen-bond donors (Lipinski definition) is 1. The molecule has 1 aromatic heterocycles. The minimum absolute atomic E-state index is 0.270. The first kappa shape index (κ1) is 16.9. The van der Waals surface area contributed by atoms with Crippen molar-refractivity contribution in [2.45, 2.75) is 18.6 Å². The van der Waals surface area contributed by atoms with Crippen molar-refractivity contribution in [1.82, 2.24) is 4.98 Å². The monoisotopic (exact) mass is 357 g/mol. The molecule has 0 unspecified atom stereocenters. The maximum atomic E-state index is 13.2. The van der Waals surface area contributed by atoms with Gasteiger partial charge in [0.1, 0.15) is 11.6 Å². The highest BCUT2D eigenvalue weighted by Crippen LogP contribution is 2.32. The van der Waals surface area contributed by atoms with E-state index in [1.54, 1.807) is 18.3 Å². The molecule has 2 saturated heterocycles. The quantitative estimate of drug-likeness (QED) is 0.915. The summed E-state index contributed by atoms with van der Waals surface area (Å²) in [5.74, 6) is -0.365. The van der Waals surface area contributed by atoms with Crippen LogP contribution in [0.1, 0.15) is 23.2 Å². The fraction of sp³-hybridized carbons (Fsp3) is 0.368. The molecule has 2 fully saturated rings. The van der Waals surface area contributed by atoms with E-state index in [1.165, 1.54) is 18.2 Å². The lowest BCUT2D eigenvalue weighted by molar-refractivity contribution is -0.169. The van der Waals surface area contributed by atoms with E-state index in [1.807, 2.05) is 6.07 Å². The number of anilines is 2. The molecule has 1 amide bonds. The van der Waals surface area contributed by atoms with Gasteiger partial charge in [0.25, 0.3) is 5.91 Å². The van der Waals surface area contributed by atoms with Gasteiger partial charge in [-0.05, 0) is 30.3 Å². The Labute approximate surface area is 150 Å². The predicted molar refractivity (Wildman–Crippen MR) is 94.7 cm³/mol. The van der Waals surface area contributed by atoms with Crippen LogP contribution in [0, 0.1) is 5.82 Å². The van der Waals surface area contributed by atoms with E-state index in [0.717, 1.165) is 31.7 Å². The van der Waals surface area contributed by atoms with Crippen molar-refractivity contribution in [2.24, 2.45) is 0 Å². The Morgan fingerprint density at radius 3 is 2.58 bits per heavy atom. The van der Waals surface area contributed by atoms with Crippen LogP contribution in [0.2, 0.25) is 0 Å². The molecule has 4 rings (SSSR count). The summed E-state index contributed by atoms with van der Waals surface area (Å²) in [5.41, 5.74) is 0.839. The van der Waals surface area contributed by atoms with Gasteiger partial charge in [0, 0.05) is 31.5 Å². The van der Waals surface area contributed by atoms with Gasteiger partial charge in [-0.25, -0.2) is 9.37 Å². The van der Waals surface area contributed by atoms with Gasteiger partial charge in [-0.1, -0.05) is 6.07 Å². The molecule has 0 aliphatic carbocycles. The highest BCUT2D eigenvalue weighted by Gasteiger charge is 2.39. The Morgan fingerprint density at radius 2 is 1.92 bits per heavy atom. The second-order valence-electron chi connectivity index (χ2n) is 6.46. The van der Waals surface area contributed by atoms with Crippen molar-refractivity contribution < 1.29 is 18.7 Å². The van der Waals surface area contributed by atoms with Crippen molar-refractivity contribution in [3.63, 3.8) is 0 Å². The first-order chi connectivity index (χ1) is 12.6. The van der Waals surface area contributed by atoms with Crippen LogP contribution >= 0.6 is 0 Å². The molecule has 2 aliphatic heterocycles. The number of nitrogens with one attached hydrogen (secondary N) is 1. The second kappa shape index (κ2) is 7.01. The molecule has 2 aliphatic rings. The van der Waals surface area contributed by atoms with E-state index < -0.39 is 11.6 Å². The fourth-order valence-electron chi connectivity index (χ4n) is 3.34. The lowest BCUT2D eigenvalue weighted by atomic mass is 10.0. The molecule has 0 bridgehead atoms. The lowest BCUT2D eigenvalue weighted by Crippen LogP contribution is -2.45. The smallest absolute Gasteiger partial charge is 0.255 e. The average Bonchev–Trinajstić information content (AvgIpc) is 3.11. The summed E-state index contributed by atoms with van der Waals surface area (Å²) in [4.78, 5) is 18.8. The van der Waals surface area contributed by atoms with Crippen LogP contribution < -0.4 is 10.2 Å². The maximum Gasteiger partial charge on any atom is 0.255 e. The van der Waals surface area contributed by atoms with E-state index in [0.29, 0.717) is 18.9 Å². The number of halogens is 1. The fourth-order valence-corrected chi connectivity index (χ4v) is 3.34. The Kier molecular flexibility index (Phi) is 4.57. The van der Waals surface area contributed by atoms with E-state index in [2.05, 4.69) is 15.2 Å². The number of hydrogen-bond acceptors (Lipinski definition) is 5. The summed E-state index contributed by atoms with van der Waals surface area (Å²) in [7, 11) is 0. The van der Waals surface area contributed by atoms with E-state index >= 15 is 0 Å². The van der Waals surface area contributed by atoms with Gasteiger partial charge >= 0.3 is 0 Å². The molecule has 0 radical (unpaired) electrons. The van der Waals surface area contributed by atoms with Crippen molar-refractivity contribution >= 4 is 17.4 Å². The van der Waals surface area contributed by atoms with E-state index in [-0.39, 0.29) is 11.5 Å². The number of benzene rings is 1. The van der Waals surface area contributed by atoms with E-state index in [4.69, 9.17) is 9.47 Å². The molecule has 1 aromatic carbocycles. The highest BCUT2D eigenvalue weighted by atomic mass is 19.1. The summed E-state index contributed by atoms with van der Waals surface area (Å²) in [6, 6.07) is 9.25. The number of amides is 1. The normalized spacial score (nSPS) is 18.9. The topological polar surface area (TPSA) is 63.7 Å². The number of nitrogens with zero attached hydrogens (tertiary/aromatic N) is 2. The molecular weight excluding hydrogens is 337 g/mol. The molecule has 6 nitrogen and oxygen atoms in total. The van der Waals surface area contributed by atoms with Crippen molar-refractivity contribution in [1.29, 1.82) is 0 Å². The van der Waals surface area contributed by atoms with Crippen LogP contribution in [-0.2, 0) is 9.47 Å².